The minimum Gasteiger partial charge on any atom is -0.333 e. The van der Waals surface area contributed by atoms with E-state index in [4.69, 9.17) is 0 Å². The Labute approximate surface area is 121 Å². The van der Waals surface area contributed by atoms with Gasteiger partial charge in [-0.2, -0.15) is 11.3 Å². The molecule has 104 valence electrons. The van der Waals surface area contributed by atoms with Gasteiger partial charge >= 0.3 is 6.03 Å². The summed E-state index contributed by atoms with van der Waals surface area (Å²) in [6, 6.07) is 5.40. The molecule has 0 spiro atoms. The second-order valence-electron chi connectivity index (χ2n) is 5.66. The molecule has 0 radical (unpaired) electrons. The summed E-state index contributed by atoms with van der Waals surface area (Å²) in [5.41, 5.74) is 2.26. The number of nitrogens with one attached hydrogen (secondary N) is 2. The van der Waals surface area contributed by atoms with Crippen molar-refractivity contribution in [2.24, 2.45) is 0 Å². The second-order valence-corrected chi connectivity index (χ2v) is 6.44. The van der Waals surface area contributed by atoms with Crippen LogP contribution in [0.25, 0.3) is 11.1 Å². The van der Waals surface area contributed by atoms with Crippen molar-refractivity contribution >= 4 is 17.4 Å². The Morgan fingerprint density at radius 3 is 3.00 bits per heavy atom. The quantitative estimate of drug-likeness (QED) is 0.892. The van der Waals surface area contributed by atoms with E-state index >= 15 is 0 Å². The van der Waals surface area contributed by atoms with Crippen LogP contribution in [-0.4, -0.2) is 28.7 Å². The number of fused-ring (bicyclic) bond motifs is 2. The van der Waals surface area contributed by atoms with E-state index in [0.717, 1.165) is 12.0 Å². The third-order valence-electron chi connectivity index (χ3n) is 4.39. The molecule has 2 aliphatic heterocycles. The average molecular weight is 287 g/mol. The first-order valence-electron chi connectivity index (χ1n) is 7.07. The summed E-state index contributed by atoms with van der Waals surface area (Å²) >= 11 is 1.67. The monoisotopic (exact) mass is 287 g/mol. The first-order valence-corrected chi connectivity index (χ1v) is 8.01. The first kappa shape index (κ1) is 12.2. The highest BCUT2D eigenvalue weighted by molar-refractivity contribution is 7.08. The molecule has 1 amide bonds. The molecule has 2 aromatic rings. The molecule has 2 saturated heterocycles. The van der Waals surface area contributed by atoms with Gasteiger partial charge in [-0.05, 0) is 47.7 Å². The Hall–Kier alpha value is -1.59. The molecule has 5 heteroatoms. The summed E-state index contributed by atoms with van der Waals surface area (Å²) in [5, 5.41) is 10.8. The number of carbonyl (C=O) groups is 1. The zero-order valence-corrected chi connectivity index (χ0v) is 11.9. The van der Waals surface area contributed by atoms with Gasteiger partial charge in [-0.15, -0.1) is 0 Å². The summed E-state index contributed by atoms with van der Waals surface area (Å²) in [5.74, 6) is 0. The van der Waals surface area contributed by atoms with E-state index in [1.165, 1.54) is 18.4 Å². The van der Waals surface area contributed by atoms with Gasteiger partial charge in [0.2, 0.25) is 0 Å². The maximum Gasteiger partial charge on any atom is 0.325 e. The molecule has 3 atom stereocenters. The third kappa shape index (κ3) is 2.07. The number of rotatable bonds is 2. The molecule has 0 aromatic carbocycles. The van der Waals surface area contributed by atoms with Crippen LogP contribution < -0.4 is 10.6 Å². The van der Waals surface area contributed by atoms with Gasteiger partial charge in [0.05, 0.1) is 0 Å². The van der Waals surface area contributed by atoms with Gasteiger partial charge in [-0.3, -0.25) is 4.57 Å². The zero-order valence-electron chi connectivity index (χ0n) is 11.1. The van der Waals surface area contributed by atoms with E-state index in [9.17, 15) is 4.79 Å². The maximum atomic E-state index is 12.3. The molecule has 2 aromatic heterocycles. The van der Waals surface area contributed by atoms with Gasteiger partial charge in [0, 0.05) is 36.1 Å². The van der Waals surface area contributed by atoms with E-state index in [-0.39, 0.29) is 12.1 Å². The molecule has 0 saturated carbocycles. The van der Waals surface area contributed by atoms with Crippen molar-refractivity contribution in [3.8, 4) is 11.1 Å². The van der Waals surface area contributed by atoms with Crippen LogP contribution in [0.5, 0.6) is 0 Å². The molecule has 4 rings (SSSR count). The molecular formula is C15H17N3OS. The Morgan fingerprint density at radius 1 is 1.35 bits per heavy atom. The van der Waals surface area contributed by atoms with Crippen LogP contribution >= 0.6 is 11.3 Å². The van der Waals surface area contributed by atoms with Crippen LogP contribution in [0.1, 0.15) is 19.3 Å². The van der Waals surface area contributed by atoms with E-state index in [0.29, 0.717) is 12.1 Å². The second kappa shape index (κ2) is 4.75. The molecule has 4 heterocycles. The summed E-state index contributed by atoms with van der Waals surface area (Å²) in [7, 11) is 0. The van der Waals surface area contributed by atoms with Crippen molar-refractivity contribution in [2.75, 3.05) is 0 Å². The van der Waals surface area contributed by atoms with Crippen molar-refractivity contribution in [2.45, 2.75) is 37.4 Å². The fraction of sp³-hybridized carbons (Fsp3) is 0.400. The Morgan fingerprint density at radius 2 is 2.30 bits per heavy atom. The number of amides is 1. The Kier molecular flexibility index (Phi) is 2.89. The standard InChI is InChI=1S/C15H17N3OS/c19-15(17-14-7-12-1-2-13(14)16-12)18-5-3-10(8-18)11-4-6-20-9-11/h3-6,8-9,12-14,16H,1-2,7H2,(H,17,19). The largest absolute Gasteiger partial charge is 0.333 e. The van der Waals surface area contributed by atoms with Crippen molar-refractivity contribution in [3.63, 3.8) is 0 Å². The lowest BCUT2D eigenvalue weighted by atomic mass is 9.96. The van der Waals surface area contributed by atoms with Crippen molar-refractivity contribution in [1.29, 1.82) is 0 Å². The molecule has 2 fully saturated rings. The van der Waals surface area contributed by atoms with Crippen LogP contribution in [0.3, 0.4) is 0 Å². The molecule has 4 nitrogen and oxygen atoms in total. The van der Waals surface area contributed by atoms with Gasteiger partial charge in [0.15, 0.2) is 0 Å². The van der Waals surface area contributed by atoms with E-state index < -0.39 is 0 Å². The van der Waals surface area contributed by atoms with Crippen LogP contribution in [0.4, 0.5) is 4.79 Å². The van der Waals surface area contributed by atoms with Crippen molar-refractivity contribution < 1.29 is 4.79 Å². The SMILES string of the molecule is O=C(NC1CC2CCC1N2)n1ccc(-c2ccsc2)c1. The zero-order chi connectivity index (χ0) is 13.5. The highest BCUT2D eigenvalue weighted by Gasteiger charge is 2.39. The normalized spacial score (nSPS) is 27.9. The average Bonchev–Trinajstić information content (AvgIpc) is 3.21. The predicted molar refractivity (Wildman–Crippen MR) is 80.0 cm³/mol. The summed E-state index contributed by atoms with van der Waals surface area (Å²) < 4.78 is 1.65. The van der Waals surface area contributed by atoms with Gasteiger partial charge in [-0.1, -0.05) is 0 Å². The first-order chi connectivity index (χ1) is 9.79. The van der Waals surface area contributed by atoms with E-state index in [1.807, 2.05) is 23.8 Å². The summed E-state index contributed by atoms with van der Waals surface area (Å²) in [6.45, 7) is 0. The number of carbonyl (C=O) groups excluding carboxylic acids is 1. The number of aromatic nitrogens is 1. The molecular weight excluding hydrogens is 270 g/mol. The van der Waals surface area contributed by atoms with Gasteiger partial charge in [0.25, 0.3) is 0 Å². The van der Waals surface area contributed by atoms with Gasteiger partial charge in [0.1, 0.15) is 0 Å². The minimum atomic E-state index is -0.0224. The van der Waals surface area contributed by atoms with Gasteiger partial charge in [-0.25, -0.2) is 4.79 Å². The number of hydrogen-bond donors (Lipinski definition) is 2. The topological polar surface area (TPSA) is 46.1 Å². The molecule has 0 aliphatic carbocycles. The Balaban J connectivity index is 1.46. The van der Waals surface area contributed by atoms with Crippen LogP contribution in [0, 0.1) is 0 Å². The van der Waals surface area contributed by atoms with E-state index in [1.54, 1.807) is 15.9 Å². The fourth-order valence-electron chi connectivity index (χ4n) is 3.34. The van der Waals surface area contributed by atoms with Crippen molar-refractivity contribution in [3.05, 3.63) is 35.3 Å². The van der Waals surface area contributed by atoms with Crippen molar-refractivity contribution in [1.82, 2.24) is 15.2 Å². The number of nitrogens with zero attached hydrogens (tertiary/aromatic N) is 1. The molecule has 2 N–H and O–H groups in total. The fourth-order valence-corrected chi connectivity index (χ4v) is 4.00. The predicted octanol–water partition coefficient (Wildman–Crippen LogP) is 2.67. The number of thiophene rings is 1. The third-order valence-corrected chi connectivity index (χ3v) is 5.07. The molecule has 3 unspecified atom stereocenters. The highest BCUT2D eigenvalue weighted by Crippen LogP contribution is 2.28. The summed E-state index contributed by atoms with van der Waals surface area (Å²) in [6.07, 6.45) is 7.24. The lowest BCUT2D eigenvalue weighted by molar-refractivity contribution is 0.236. The lowest BCUT2D eigenvalue weighted by Crippen LogP contribution is -2.44. The van der Waals surface area contributed by atoms with Gasteiger partial charge < -0.3 is 10.6 Å². The van der Waals surface area contributed by atoms with Crippen LogP contribution in [0.15, 0.2) is 35.3 Å². The Bertz CT molecular complexity index is 619. The number of hydrogen-bond acceptors (Lipinski definition) is 3. The van der Waals surface area contributed by atoms with Crippen LogP contribution in [-0.2, 0) is 0 Å². The van der Waals surface area contributed by atoms with E-state index in [2.05, 4.69) is 22.1 Å². The van der Waals surface area contributed by atoms with Crippen LogP contribution in [0.2, 0.25) is 0 Å². The highest BCUT2D eigenvalue weighted by atomic mass is 32.1. The summed E-state index contributed by atoms with van der Waals surface area (Å²) in [4.78, 5) is 12.3. The lowest BCUT2D eigenvalue weighted by Gasteiger charge is -2.21. The minimum absolute atomic E-state index is 0.0224. The molecule has 2 bridgehead atoms. The molecule has 2 aliphatic rings. The smallest absolute Gasteiger partial charge is 0.325 e. The maximum absolute atomic E-state index is 12.3. The molecule has 20 heavy (non-hydrogen) atoms.